The quantitative estimate of drug-likeness (QED) is 0.676. The van der Waals surface area contributed by atoms with Gasteiger partial charge in [0.15, 0.2) is 0 Å². The summed E-state index contributed by atoms with van der Waals surface area (Å²) in [5.74, 6) is -0.317. The maximum atomic E-state index is 12.6. The minimum absolute atomic E-state index is 0.317. The van der Waals surface area contributed by atoms with Crippen LogP contribution in [0.4, 0.5) is 5.69 Å². The molecule has 2 aromatic rings. The number of aromatic nitrogens is 1. The van der Waals surface area contributed by atoms with E-state index in [0.29, 0.717) is 23.0 Å². The summed E-state index contributed by atoms with van der Waals surface area (Å²) >= 11 is 0. The number of carbonyl (C=O) groups excluding carboxylic acids is 1. The molecule has 2 fully saturated rings. The molecular weight excluding hydrogens is 325 g/mol. The number of anilines is 1. The van der Waals surface area contributed by atoms with Crippen LogP contribution in [0.2, 0.25) is 0 Å². The van der Waals surface area contributed by atoms with Crippen molar-refractivity contribution in [2.45, 2.75) is 26.2 Å². The molecule has 4 rings (SSSR count). The molecule has 1 aromatic carbocycles. The van der Waals surface area contributed by atoms with Crippen LogP contribution in [-0.2, 0) is 4.74 Å². The molecule has 2 aliphatic heterocycles. The Labute approximate surface area is 155 Å². The second kappa shape index (κ2) is 6.91. The summed E-state index contributed by atoms with van der Waals surface area (Å²) in [6.45, 7) is 6.26. The van der Waals surface area contributed by atoms with Crippen LogP contribution in [0.3, 0.4) is 0 Å². The fourth-order valence-electron chi connectivity index (χ4n) is 4.32. The first-order valence-corrected chi connectivity index (χ1v) is 9.43. The van der Waals surface area contributed by atoms with Gasteiger partial charge in [0.2, 0.25) is 0 Å². The Balaban J connectivity index is 1.75. The van der Waals surface area contributed by atoms with E-state index in [-0.39, 0.29) is 5.97 Å². The van der Waals surface area contributed by atoms with Crippen LogP contribution in [0.1, 0.15) is 36.5 Å². The summed E-state index contributed by atoms with van der Waals surface area (Å²) < 4.78 is 5.29. The van der Waals surface area contributed by atoms with Crippen molar-refractivity contribution >= 4 is 35.9 Å². The number of pyridine rings is 1. The van der Waals surface area contributed by atoms with Crippen molar-refractivity contribution in [2.24, 2.45) is 5.41 Å². The summed E-state index contributed by atoms with van der Waals surface area (Å²) in [6.07, 6.45) is 5.16. The second-order valence-corrected chi connectivity index (χ2v) is 7.43. The number of hydrogen-bond donors (Lipinski definition) is 1. The SMILES string of the molecule is [B]c1ccc2ncc(C(=O)OCC)c(N3CCC4(CCNC4)CC3)c2c1. The topological polar surface area (TPSA) is 54.5 Å². The van der Waals surface area contributed by atoms with Crippen molar-refractivity contribution in [1.82, 2.24) is 10.3 Å². The number of nitrogens with one attached hydrogen (secondary N) is 1. The van der Waals surface area contributed by atoms with E-state index >= 15 is 0 Å². The Morgan fingerprint density at radius 2 is 2.15 bits per heavy atom. The van der Waals surface area contributed by atoms with E-state index in [1.54, 1.807) is 6.20 Å². The smallest absolute Gasteiger partial charge is 0.341 e. The number of benzene rings is 1. The maximum Gasteiger partial charge on any atom is 0.341 e. The van der Waals surface area contributed by atoms with Crippen molar-refractivity contribution in [1.29, 1.82) is 0 Å². The predicted molar refractivity (Wildman–Crippen MR) is 104 cm³/mol. The first kappa shape index (κ1) is 17.3. The lowest BCUT2D eigenvalue weighted by atomic mass is 9.77. The first-order valence-electron chi connectivity index (χ1n) is 9.43. The van der Waals surface area contributed by atoms with Gasteiger partial charge in [-0.15, -0.1) is 0 Å². The molecule has 2 radical (unpaired) electrons. The van der Waals surface area contributed by atoms with E-state index in [1.807, 2.05) is 25.1 Å². The van der Waals surface area contributed by atoms with Gasteiger partial charge >= 0.3 is 5.97 Å². The Morgan fingerprint density at radius 1 is 1.35 bits per heavy atom. The number of ether oxygens (including phenoxy) is 1. The third kappa shape index (κ3) is 3.07. The zero-order valence-electron chi connectivity index (χ0n) is 15.3. The van der Waals surface area contributed by atoms with Crippen LogP contribution in [0.25, 0.3) is 10.9 Å². The molecule has 1 N–H and O–H groups in total. The zero-order valence-corrected chi connectivity index (χ0v) is 15.3. The third-order valence-electron chi connectivity index (χ3n) is 5.83. The molecule has 5 nitrogen and oxygen atoms in total. The fourth-order valence-corrected chi connectivity index (χ4v) is 4.32. The normalized spacial score (nSPS) is 19.2. The van der Waals surface area contributed by atoms with E-state index < -0.39 is 0 Å². The standard InChI is InChI=1S/C20H24BN3O2/c1-2-26-19(25)16-12-23-17-4-3-14(21)11-15(17)18(16)24-9-6-20(7-10-24)5-8-22-13-20/h3-4,11-12,22H,2,5-10,13H2,1H3. The van der Waals surface area contributed by atoms with Crippen molar-refractivity contribution in [3.8, 4) is 0 Å². The molecule has 0 amide bonds. The lowest BCUT2D eigenvalue weighted by Crippen LogP contribution is -2.42. The average molecular weight is 349 g/mol. The van der Waals surface area contributed by atoms with Gasteiger partial charge in [0.25, 0.3) is 0 Å². The van der Waals surface area contributed by atoms with Crippen LogP contribution in [-0.4, -0.2) is 51.6 Å². The molecule has 2 saturated heterocycles. The first-order chi connectivity index (χ1) is 12.6. The van der Waals surface area contributed by atoms with Gasteiger partial charge in [0.1, 0.15) is 13.4 Å². The summed E-state index contributed by atoms with van der Waals surface area (Å²) in [5, 5.41) is 4.43. The molecule has 0 unspecified atom stereocenters. The van der Waals surface area contributed by atoms with E-state index in [9.17, 15) is 4.79 Å². The number of esters is 1. The molecule has 1 aromatic heterocycles. The molecule has 1 spiro atoms. The molecule has 0 atom stereocenters. The summed E-state index contributed by atoms with van der Waals surface area (Å²) in [7, 11) is 6.03. The second-order valence-electron chi connectivity index (χ2n) is 7.43. The van der Waals surface area contributed by atoms with Crippen molar-refractivity contribution < 1.29 is 9.53 Å². The zero-order chi connectivity index (χ0) is 18.1. The number of piperidine rings is 1. The molecule has 3 heterocycles. The van der Waals surface area contributed by atoms with E-state index in [4.69, 9.17) is 12.6 Å². The number of hydrogen-bond acceptors (Lipinski definition) is 5. The lowest BCUT2D eigenvalue weighted by molar-refractivity contribution is 0.0526. The number of rotatable bonds is 3. The summed E-state index contributed by atoms with van der Waals surface area (Å²) in [6, 6.07) is 5.68. The predicted octanol–water partition coefficient (Wildman–Crippen LogP) is 1.79. The van der Waals surface area contributed by atoms with Crippen LogP contribution < -0.4 is 15.7 Å². The van der Waals surface area contributed by atoms with E-state index in [1.165, 1.54) is 6.42 Å². The van der Waals surface area contributed by atoms with Crippen molar-refractivity contribution in [2.75, 3.05) is 37.7 Å². The van der Waals surface area contributed by atoms with Gasteiger partial charge in [-0.05, 0) is 44.2 Å². The van der Waals surface area contributed by atoms with Crippen molar-refractivity contribution in [3.63, 3.8) is 0 Å². The Hall–Kier alpha value is -2.08. The van der Waals surface area contributed by atoms with Gasteiger partial charge < -0.3 is 15.0 Å². The maximum absolute atomic E-state index is 12.6. The van der Waals surface area contributed by atoms with Crippen LogP contribution >= 0.6 is 0 Å². The van der Waals surface area contributed by atoms with Gasteiger partial charge in [-0.3, -0.25) is 4.98 Å². The van der Waals surface area contributed by atoms with Crippen LogP contribution in [0.5, 0.6) is 0 Å². The molecular formula is C20H24BN3O2. The number of nitrogens with zero attached hydrogens (tertiary/aromatic N) is 2. The minimum atomic E-state index is -0.317. The van der Waals surface area contributed by atoms with Gasteiger partial charge in [0.05, 0.1) is 17.8 Å². The lowest BCUT2D eigenvalue weighted by Gasteiger charge is -2.40. The minimum Gasteiger partial charge on any atom is -0.462 e. The fraction of sp³-hybridized carbons (Fsp3) is 0.500. The molecule has 0 aliphatic carbocycles. The number of carbonyl (C=O) groups is 1. The highest BCUT2D eigenvalue weighted by atomic mass is 16.5. The molecule has 6 heteroatoms. The van der Waals surface area contributed by atoms with Crippen LogP contribution in [0, 0.1) is 5.41 Å². The molecule has 26 heavy (non-hydrogen) atoms. The van der Waals surface area contributed by atoms with Gasteiger partial charge in [-0.1, -0.05) is 17.6 Å². The van der Waals surface area contributed by atoms with E-state index in [0.717, 1.165) is 55.6 Å². The Kier molecular flexibility index (Phi) is 4.61. The number of fused-ring (bicyclic) bond motifs is 1. The highest BCUT2D eigenvalue weighted by molar-refractivity contribution is 6.33. The summed E-state index contributed by atoms with van der Waals surface area (Å²) in [5.41, 5.74) is 3.40. The van der Waals surface area contributed by atoms with Gasteiger partial charge in [0, 0.05) is 31.2 Å². The highest BCUT2D eigenvalue weighted by Crippen LogP contribution is 2.40. The van der Waals surface area contributed by atoms with Gasteiger partial charge in [-0.25, -0.2) is 4.79 Å². The molecule has 0 saturated carbocycles. The average Bonchev–Trinajstić information content (AvgIpc) is 3.10. The van der Waals surface area contributed by atoms with Gasteiger partial charge in [-0.2, -0.15) is 0 Å². The van der Waals surface area contributed by atoms with Crippen molar-refractivity contribution in [3.05, 3.63) is 30.0 Å². The Morgan fingerprint density at radius 3 is 2.85 bits per heavy atom. The molecule has 0 bridgehead atoms. The summed E-state index contributed by atoms with van der Waals surface area (Å²) in [4.78, 5) is 19.3. The molecule has 134 valence electrons. The van der Waals surface area contributed by atoms with Crippen LogP contribution in [0.15, 0.2) is 24.4 Å². The molecule has 2 aliphatic rings. The highest BCUT2D eigenvalue weighted by Gasteiger charge is 2.38. The third-order valence-corrected chi connectivity index (χ3v) is 5.83. The monoisotopic (exact) mass is 349 g/mol. The Bertz CT molecular complexity index is 823. The largest absolute Gasteiger partial charge is 0.462 e. The van der Waals surface area contributed by atoms with E-state index in [2.05, 4.69) is 15.2 Å².